The number of sulfone groups is 1. The zero-order valence-electron chi connectivity index (χ0n) is 14.8. The predicted octanol–water partition coefficient (Wildman–Crippen LogP) is 2.12. The summed E-state index contributed by atoms with van der Waals surface area (Å²) >= 11 is 0. The number of carbonyl (C=O) groups is 2. The monoisotopic (exact) mass is 401 g/mol. The van der Waals surface area contributed by atoms with E-state index in [1.807, 2.05) is 0 Å². The largest absolute Gasteiger partial charge is 0.481 e. The van der Waals surface area contributed by atoms with Gasteiger partial charge in [0.15, 0.2) is 9.84 Å². The number of aryl methyl sites for hydroxylation is 1. The molecule has 9 heteroatoms. The van der Waals surface area contributed by atoms with E-state index in [-0.39, 0.29) is 24.3 Å². The standard InChI is InChI=1S/C18H21F2NO5S/c1-11-3-2-4-12(7-11)27(25,26)13-8-14(15(9-13)17(23)24)16(22)21-6-5-18(19,20)10-21/h2-4,7,13-15H,5-6,8-10H2,1H3,(H,23,24)/t13-,14-,15-/m1/s1. The molecule has 1 amide bonds. The minimum atomic E-state index is -3.82. The van der Waals surface area contributed by atoms with Gasteiger partial charge in [-0.25, -0.2) is 17.2 Å². The SMILES string of the molecule is Cc1cccc(S(=O)(=O)[C@H]2C[C@@H](C(=O)O)[C@H](C(=O)N3CCC(F)(F)C3)C2)c1. The van der Waals surface area contributed by atoms with Gasteiger partial charge >= 0.3 is 5.97 Å². The van der Waals surface area contributed by atoms with Crippen LogP contribution in [0.5, 0.6) is 0 Å². The van der Waals surface area contributed by atoms with E-state index in [9.17, 15) is 31.9 Å². The number of likely N-dealkylation sites (tertiary alicyclic amines) is 1. The second kappa shape index (κ2) is 6.85. The molecule has 1 aliphatic carbocycles. The number of amides is 1. The van der Waals surface area contributed by atoms with Gasteiger partial charge in [-0.3, -0.25) is 9.59 Å². The van der Waals surface area contributed by atoms with Gasteiger partial charge in [-0.1, -0.05) is 12.1 Å². The third kappa shape index (κ3) is 3.83. The summed E-state index contributed by atoms with van der Waals surface area (Å²) in [6, 6.07) is 6.28. The van der Waals surface area contributed by atoms with Crippen LogP contribution in [0.15, 0.2) is 29.2 Å². The molecule has 1 aromatic carbocycles. The topological polar surface area (TPSA) is 91.7 Å². The predicted molar refractivity (Wildman–Crippen MR) is 92.1 cm³/mol. The molecular weight excluding hydrogens is 380 g/mol. The first-order chi connectivity index (χ1) is 12.5. The van der Waals surface area contributed by atoms with E-state index in [4.69, 9.17) is 0 Å². The summed E-state index contributed by atoms with van der Waals surface area (Å²) in [5, 5.41) is 8.43. The number of alkyl halides is 2. The van der Waals surface area contributed by atoms with Crippen molar-refractivity contribution in [2.75, 3.05) is 13.1 Å². The molecule has 0 spiro atoms. The number of rotatable bonds is 4. The molecule has 1 aliphatic heterocycles. The van der Waals surface area contributed by atoms with Crippen LogP contribution in [0.1, 0.15) is 24.8 Å². The first-order valence-corrected chi connectivity index (χ1v) is 10.3. The van der Waals surface area contributed by atoms with Gasteiger partial charge < -0.3 is 10.0 Å². The molecule has 27 heavy (non-hydrogen) atoms. The third-order valence-corrected chi connectivity index (χ3v) is 7.57. The summed E-state index contributed by atoms with van der Waals surface area (Å²) in [5.74, 6) is -7.26. The van der Waals surface area contributed by atoms with Crippen molar-refractivity contribution < 1.29 is 31.9 Å². The molecule has 1 N–H and O–H groups in total. The molecule has 2 aliphatic rings. The number of hydrogen-bond donors (Lipinski definition) is 1. The van der Waals surface area contributed by atoms with Crippen LogP contribution in [0.25, 0.3) is 0 Å². The van der Waals surface area contributed by atoms with E-state index >= 15 is 0 Å². The average Bonchev–Trinajstić information content (AvgIpc) is 3.18. The molecule has 1 saturated heterocycles. The molecule has 3 atom stereocenters. The molecule has 0 bridgehead atoms. The summed E-state index contributed by atoms with van der Waals surface area (Å²) in [4.78, 5) is 25.3. The van der Waals surface area contributed by atoms with E-state index in [1.54, 1.807) is 19.1 Å². The molecule has 0 radical (unpaired) electrons. The second-order valence-electron chi connectivity index (χ2n) is 7.37. The number of benzene rings is 1. The van der Waals surface area contributed by atoms with Crippen molar-refractivity contribution in [1.29, 1.82) is 0 Å². The maximum absolute atomic E-state index is 13.4. The lowest BCUT2D eigenvalue weighted by Gasteiger charge is -2.22. The second-order valence-corrected chi connectivity index (χ2v) is 9.60. The Hall–Kier alpha value is -2.03. The average molecular weight is 401 g/mol. The van der Waals surface area contributed by atoms with Crippen molar-refractivity contribution in [3.8, 4) is 0 Å². The van der Waals surface area contributed by atoms with Gasteiger partial charge in [-0.15, -0.1) is 0 Å². The Labute approximate surface area is 156 Å². The van der Waals surface area contributed by atoms with E-state index in [0.29, 0.717) is 0 Å². The number of carboxylic acid groups (broad SMARTS) is 1. The van der Waals surface area contributed by atoms with Gasteiger partial charge in [0.25, 0.3) is 5.92 Å². The molecule has 3 rings (SSSR count). The van der Waals surface area contributed by atoms with Crippen LogP contribution >= 0.6 is 0 Å². The lowest BCUT2D eigenvalue weighted by molar-refractivity contribution is -0.149. The van der Waals surface area contributed by atoms with E-state index in [1.165, 1.54) is 12.1 Å². The van der Waals surface area contributed by atoms with Crippen LogP contribution in [0.3, 0.4) is 0 Å². The lowest BCUT2D eigenvalue weighted by atomic mass is 9.95. The fourth-order valence-corrected chi connectivity index (χ4v) is 5.86. The zero-order chi connectivity index (χ0) is 20.0. The Balaban J connectivity index is 1.85. The highest BCUT2D eigenvalue weighted by Crippen LogP contribution is 2.40. The fraction of sp³-hybridized carbons (Fsp3) is 0.556. The third-order valence-electron chi connectivity index (χ3n) is 5.39. The van der Waals surface area contributed by atoms with E-state index < -0.39 is 57.7 Å². The lowest BCUT2D eigenvalue weighted by Crippen LogP contribution is -2.39. The van der Waals surface area contributed by atoms with Crippen molar-refractivity contribution >= 4 is 21.7 Å². The van der Waals surface area contributed by atoms with Crippen molar-refractivity contribution in [2.24, 2.45) is 11.8 Å². The normalized spacial score (nSPS) is 27.7. The van der Waals surface area contributed by atoms with Gasteiger partial charge in [-0.2, -0.15) is 0 Å². The minimum Gasteiger partial charge on any atom is -0.481 e. The van der Waals surface area contributed by atoms with Crippen molar-refractivity contribution in [2.45, 2.75) is 42.3 Å². The highest BCUT2D eigenvalue weighted by atomic mass is 32.2. The molecule has 0 aromatic heterocycles. The first kappa shape index (κ1) is 19.7. The number of aliphatic carboxylic acids is 1. The Bertz CT molecular complexity index is 870. The Morgan fingerprint density at radius 2 is 1.89 bits per heavy atom. The van der Waals surface area contributed by atoms with Gasteiger partial charge in [-0.05, 0) is 37.5 Å². The summed E-state index contributed by atoms with van der Waals surface area (Å²) in [6.07, 6.45) is -0.839. The first-order valence-electron chi connectivity index (χ1n) is 8.71. The van der Waals surface area contributed by atoms with Crippen molar-refractivity contribution in [1.82, 2.24) is 4.90 Å². The molecule has 2 fully saturated rings. The Morgan fingerprint density at radius 3 is 2.44 bits per heavy atom. The minimum absolute atomic E-state index is 0.0810. The van der Waals surface area contributed by atoms with Crippen LogP contribution in [0.2, 0.25) is 0 Å². The summed E-state index contributed by atoms with van der Waals surface area (Å²) in [7, 11) is -3.82. The zero-order valence-corrected chi connectivity index (χ0v) is 15.6. The van der Waals surface area contributed by atoms with Crippen LogP contribution in [-0.2, 0) is 19.4 Å². The maximum Gasteiger partial charge on any atom is 0.307 e. The van der Waals surface area contributed by atoms with Gasteiger partial charge in [0.05, 0.1) is 28.5 Å². The van der Waals surface area contributed by atoms with Gasteiger partial charge in [0.1, 0.15) is 0 Å². The molecule has 1 heterocycles. The van der Waals surface area contributed by atoms with Crippen LogP contribution in [0, 0.1) is 18.8 Å². The summed E-state index contributed by atoms with van der Waals surface area (Å²) in [5.41, 5.74) is 0.746. The highest BCUT2D eigenvalue weighted by Gasteiger charge is 2.51. The molecule has 6 nitrogen and oxygen atoms in total. The molecule has 1 aromatic rings. The Morgan fingerprint density at radius 1 is 1.22 bits per heavy atom. The fourth-order valence-electron chi connectivity index (χ4n) is 3.93. The molecule has 0 unspecified atom stereocenters. The number of halogens is 2. The number of carbonyl (C=O) groups excluding carboxylic acids is 1. The Kier molecular flexibility index (Phi) is 5.00. The number of carboxylic acids is 1. The van der Waals surface area contributed by atoms with Crippen LogP contribution < -0.4 is 0 Å². The smallest absolute Gasteiger partial charge is 0.307 e. The van der Waals surface area contributed by atoms with Crippen LogP contribution in [-0.4, -0.2) is 54.6 Å². The van der Waals surface area contributed by atoms with Gasteiger partial charge in [0.2, 0.25) is 5.91 Å². The molecule has 1 saturated carbocycles. The maximum atomic E-state index is 13.4. The van der Waals surface area contributed by atoms with E-state index in [2.05, 4.69) is 0 Å². The quantitative estimate of drug-likeness (QED) is 0.834. The van der Waals surface area contributed by atoms with Crippen LogP contribution in [0.4, 0.5) is 8.78 Å². The number of nitrogens with zero attached hydrogens (tertiary/aromatic N) is 1. The van der Waals surface area contributed by atoms with Gasteiger partial charge in [0, 0.05) is 13.0 Å². The van der Waals surface area contributed by atoms with Crippen molar-refractivity contribution in [3.63, 3.8) is 0 Å². The summed E-state index contributed by atoms with van der Waals surface area (Å²) in [6.45, 7) is 0.849. The van der Waals surface area contributed by atoms with E-state index in [0.717, 1.165) is 10.5 Å². The number of hydrogen-bond acceptors (Lipinski definition) is 4. The summed E-state index contributed by atoms with van der Waals surface area (Å²) < 4.78 is 52.7. The van der Waals surface area contributed by atoms with Crippen molar-refractivity contribution in [3.05, 3.63) is 29.8 Å². The molecule has 148 valence electrons. The highest BCUT2D eigenvalue weighted by molar-refractivity contribution is 7.92. The molecular formula is C18H21F2NO5S.